The lowest BCUT2D eigenvalue weighted by Crippen LogP contribution is -2.53. The Balaban J connectivity index is 2.09. The van der Waals surface area contributed by atoms with E-state index in [1.807, 2.05) is 63.2 Å². The number of anilines is 1. The molecule has 0 spiro atoms. The van der Waals surface area contributed by atoms with Gasteiger partial charge in [0, 0.05) is 18.7 Å². The van der Waals surface area contributed by atoms with Crippen LogP contribution in [-0.4, -0.2) is 46.1 Å². The zero-order valence-corrected chi connectivity index (χ0v) is 25.2. The van der Waals surface area contributed by atoms with Crippen LogP contribution in [0.15, 0.2) is 79.4 Å². The van der Waals surface area contributed by atoms with E-state index in [-0.39, 0.29) is 18.7 Å². The van der Waals surface area contributed by atoms with Gasteiger partial charge in [0.1, 0.15) is 23.4 Å². The molecular weight excluding hydrogens is 530 g/mol. The number of rotatable bonds is 10. The van der Waals surface area contributed by atoms with Gasteiger partial charge in [-0.3, -0.25) is 9.59 Å². The van der Waals surface area contributed by atoms with Crippen molar-refractivity contribution in [3.8, 4) is 5.75 Å². The van der Waals surface area contributed by atoms with Gasteiger partial charge in [-0.05, 0) is 87.6 Å². The molecule has 2 atom stereocenters. The fraction of sp³-hybridized carbons (Fsp3) is 0.324. The Morgan fingerprint density at radius 3 is 2.21 bits per heavy atom. The van der Waals surface area contributed by atoms with Gasteiger partial charge in [-0.15, -0.1) is 6.58 Å². The largest absolute Gasteiger partial charge is 0.508 e. The molecule has 0 aliphatic carbocycles. The second kappa shape index (κ2) is 13.9. The zero-order chi connectivity index (χ0) is 31.0. The highest BCUT2D eigenvalue weighted by atomic mass is 16.6. The predicted octanol–water partition coefficient (Wildman–Crippen LogP) is 6.15. The molecule has 0 radical (unpaired) electrons. The smallest absolute Gasteiger partial charge is 0.408 e. The highest BCUT2D eigenvalue weighted by Gasteiger charge is 2.37. The fourth-order valence-corrected chi connectivity index (χ4v) is 4.61. The molecule has 0 aliphatic rings. The highest BCUT2D eigenvalue weighted by molar-refractivity contribution is 5.99. The lowest BCUT2D eigenvalue weighted by atomic mass is 9.94. The number of amides is 3. The van der Waals surface area contributed by atoms with Gasteiger partial charge in [0.15, 0.2) is 0 Å². The van der Waals surface area contributed by atoms with Gasteiger partial charge in [0.25, 0.3) is 5.91 Å². The molecule has 222 valence electrons. The second-order valence-corrected chi connectivity index (χ2v) is 11.3. The fourth-order valence-electron chi connectivity index (χ4n) is 4.61. The van der Waals surface area contributed by atoms with Crippen LogP contribution in [0.3, 0.4) is 0 Å². The van der Waals surface area contributed by atoms with E-state index in [0.717, 1.165) is 16.7 Å². The van der Waals surface area contributed by atoms with Gasteiger partial charge in [-0.1, -0.05) is 54.6 Å². The number of alkyl carbamates (subject to hydrolysis) is 1. The Bertz CT molecular complexity index is 1430. The summed E-state index contributed by atoms with van der Waals surface area (Å²) in [5.41, 5.74) is 3.94. The molecule has 3 aromatic rings. The van der Waals surface area contributed by atoms with Crippen molar-refractivity contribution < 1.29 is 24.2 Å². The Kier molecular flexibility index (Phi) is 10.5. The number of para-hydroxylation sites is 1. The Morgan fingerprint density at radius 1 is 0.952 bits per heavy atom. The van der Waals surface area contributed by atoms with E-state index in [9.17, 15) is 19.5 Å². The molecule has 0 fully saturated rings. The second-order valence-electron chi connectivity index (χ2n) is 11.3. The molecule has 0 aliphatic heterocycles. The summed E-state index contributed by atoms with van der Waals surface area (Å²) in [6, 6.07) is 17.3. The summed E-state index contributed by atoms with van der Waals surface area (Å²) in [7, 11) is 0. The van der Waals surface area contributed by atoms with Crippen molar-refractivity contribution in [2.24, 2.45) is 0 Å². The molecule has 0 saturated heterocycles. The number of carbonyl (C=O) groups excluding carboxylic acids is 3. The van der Waals surface area contributed by atoms with Gasteiger partial charge in [-0.25, -0.2) is 4.79 Å². The monoisotopic (exact) mass is 571 g/mol. The van der Waals surface area contributed by atoms with Crippen molar-refractivity contribution in [3.63, 3.8) is 0 Å². The molecule has 0 saturated carbocycles. The van der Waals surface area contributed by atoms with Crippen molar-refractivity contribution in [1.29, 1.82) is 0 Å². The third-order valence-electron chi connectivity index (χ3n) is 6.88. The van der Waals surface area contributed by atoms with E-state index in [2.05, 4.69) is 17.2 Å². The molecule has 0 bridgehead atoms. The first-order chi connectivity index (χ1) is 19.8. The van der Waals surface area contributed by atoms with Crippen LogP contribution in [0.1, 0.15) is 54.6 Å². The van der Waals surface area contributed by atoms with Crippen molar-refractivity contribution >= 4 is 23.6 Å². The summed E-state index contributed by atoms with van der Waals surface area (Å²) >= 11 is 0. The van der Waals surface area contributed by atoms with E-state index >= 15 is 0 Å². The number of nitrogens with zero attached hydrogens (tertiary/aromatic N) is 1. The van der Waals surface area contributed by atoms with Crippen LogP contribution in [0, 0.1) is 20.8 Å². The van der Waals surface area contributed by atoms with Gasteiger partial charge in [0.05, 0.1) is 0 Å². The van der Waals surface area contributed by atoms with E-state index in [1.54, 1.807) is 39.0 Å². The van der Waals surface area contributed by atoms with E-state index in [4.69, 9.17) is 4.74 Å². The van der Waals surface area contributed by atoms with Crippen LogP contribution in [0.2, 0.25) is 0 Å². The van der Waals surface area contributed by atoms with Crippen LogP contribution in [-0.2, 0) is 20.7 Å². The maximum absolute atomic E-state index is 14.4. The first kappa shape index (κ1) is 31.9. The summed E-state index contributed by atoms with van der Waals surface area (Å²) in [4.78, 5) is 42.9. The summed E-state index contributed by atoms with van der Waals surface area (Å²) in [6.07, 6.45) is 0.901. The number of aryl methyl sites for hydroxylation is 2. The number of phenolic OH excluding ortho intramolecular Hbond substituents is 1. The van der Waals surface area contributed by atoms with E-state index < -0.39 is 35.6 Å². The summed E-state index contributed by atoms with van der Waals surface area (Å²) in [5.74, 6) is -0.800. The lowest BCUT2D eigenvalue weighted by Gasteiger charge is -2.35. The molecular formula is C34H41N3O5. The first-order valence-corrected chi connectivity index (χ1v) is 13.9. The molecule has 3 N–H and O–H groups in total. The number of nitrogens with one attached hydrogen (secondary N) is 2. The van der Waals surface area contributed by atoms with Crippen LogP contribution in [0.5, 0.6) is 5.75 Å². The number of benzene rings is 3. The number of ether oxygens (including phenoxy) is 1. The van der Waals surface area contributed by atoms with E-state index in [1.165, 1.54) is 17.0 Å². The SMILES string of the molecule is C=CCN(C(=O)C(Cc1ccc(O)cc1)NC(=O)OC(C)(C)C)C(C(=O)Nc1ccccc1C)c1cccc(C)c1C. The maximum Gasteiger partial charge on any atom is 0.408 e. The third-order valence-corrected chi connectivity index (χ3v) is 6.88. The van der Waals surface area contributed by atoms with Crippen molar-refractivity contribution in [2.45, 2.75) is 65.6 Å². The van der Waals surface area contributed by atoms with Crippen molar-refractivity contribution in [3.05, 3.63) is 107 Å². The van der Waals surface area contributed by atoms with E-state index in [0.29, 0.717) is 16.8 Å². The minimum atomic E-state index is -1.08. The normalized spacial score (nSPS) is 12.5. The summed E-state index contributed by atoms with van der Waals surface area (Å²) in [5, 5.41) is 15.5. The number of phenols is 1. The van der Waals surface area contributed by atoms with Crippen LogP contribution < -0.4 is 10.6 Å². The molecule has 8 nitrogen and oxygen atoms in total. The number of hydrogen-bond acceptors (Lipinski definition) is 5. The quantitative estimate of drug-likeness (QED) is 0.253. The number of hydrogen-bond donors (Lipinski definition) is 3. The minimum absolute atomic E-state index is 0.0418. The molecule has 3 amide bonds. The summed E-state index contributed by atoms with van der Waals surface area (Å²) < 4.78 is 5.47. The Labute approximate surface area is 248 Å². The van der Waals surface area contributed by atoms with Gasteiger partial charge in [-0.2, -0.15) is 0 Å². The van der Waals surface area contributed by atoms with Gasteiger partial charge in [0.2, 0.25) is 5.91 Å². The minimum Gasteiger partial charge on any atom is -0.508 e. The average molecular weight is 572 g/mol. The van der Waals surface area contributed by atoms with Crippen molar-refractivity contribution in [1.82, 2.24) is 10.2 Å². The Hall–Kier alpha value is -4.59. The van der Waals surface area contributed by atoms with Gasteiger partial charge < -0.3 is 25.4 Å². The zero-order valence-electron chi connectivity index (χ0n) is 25.2. The van der Waals surface area contributed by atoms with Crippen LogP contribution >= 0.6 is 0 Å². The van der Waals surface area contributed by atoms with Crippen LogP contribution in [0.25, 0.3) is 0 Å². The Morgan fingerprint density at radius 2 is 1.60 bits per heavy atom. The summed E-state index contributed by atoms with van der Waals surface area (Å²) in [6.45, 7) is 14.9. The highest BCUT2D eigenvalue weighted by Crippen LogP contribution is 2.29. The predicted molar refractivity (Wildman–Crippen MR) is 165 cm³/mol. The molecule has 8 heteroatoms. The molecule has 3 aromatic carbocycles. The number of carbonyl (C=O) groups is 3. The molecule has 0 heterocycles. The third kappa shape index (κ3) is 8.46. The topological polar surface area (TPSA) is 108 Å². The first-order valence-electron chi connectivity index (χ1n) is 13.9. The standard InChI is InChI=1S/C34H41N3O5/c1-8-20-37(32(40)29(36-33(41)42-34(5,6)7)21-25-16-18-26(38)19-17-25)30(27-14-11-13-22(2)24(27)4)31(39)35-28-15-10-9-12-23(28)3/h8-19,29-30,38H,1,20-21H2,2-7H3,(H,35,39)(H,36,41). The molecule has 42 heavy (non-hydrogen) atoms. The average Bonchev–Trinajstić information content (AvgIpc) is 2.91. The molecule has 0 aromatic heterocycles. The van der Waals surface area contributed by atoms with Crippen LogP contribution in [0.4, 0.5) is 10.5 Å². The maximum atomic E-state index is 14.4. The van der Waals surface area contributed by atoms with Crippen molar-refractivity contribution in [2.75, 3.05) is 11.9 Å². The molecule has 3 rings (SSSR count). The molecule has 2 unspecified atom stereocenters. The lowest BCUT2D eigenvalue weighted by molar-refractivity contribution is -0.140. The number of aromatic hydroxyl groups is 1. The van der Waals surface area contributed by atoms with Gasteiger partial charge >= 0.3 is 6.09 Å².